The number of likely N-dealkylation sites (N-methyl/N-ethyl adjacent to an activating group) is 1. The van der Waals surface area contributed by atoms with Crippen molar-refractivity contribution in [3.8, 4) is 0 Å². The average Bonchev–Trinajstić information content (AvgIpc) is 3.05. The number of nitrogens with zero attached hydrogens (tertiary/aromatic N) is 1. The monoisotopic (exact) mass is 710 g/mol. The number of aryl methyl sites for hydroxylation is 1. The molecule has 0 bridgehead atoms. The molecule has 3 atom stereocenters. The van der Waals surface area contributed by atoms with E-state index in [9.17, 15) is 36.7 Å². The van der Waals surface area contributed by atoms with E-state index in [2.05, 4.69) is 16.0 Å². The second-order valence-corrected chi connectivity index (χ2v) is 14.5. The zero-order valence-electron chi connectivity index (χ0n) is 29.1. The fourth-order valence-corrected chi connectivity index (χ4v) is 7.47. The van der Waals surface area contributed by atoms with Gasteiger partial charge in [0.25, 0.3) is 5.91 Å². The molecule has 274 valence electrons. The Balaban J connectivity index is 2.35. The van der Waals surface area contributed by atoms with E-state index in [4.69, 9.17) is 4.74 Å². The Kier molecular flexibility index (Phi) is 17.6. The highest BCUT2D eigenvalue weighted by atomic mass is 32.2. The third kappa shape index (κ3) is 14.4. The highest BCUT2D eigenvalue weighted by molar-refractivity contribution is 7.92. The quantitative estimate of drug-likeness (QED) is 0.153. The molecule has 0 radical (unpaired) electrons. The van der Waals surface area contributed by atoms with Crippen molar-refractivity contribution in [3.63, 3.8) is 0 Å². The Morgan fingerprint density at radius 1 is 0.918 bits per heavy atom. The number of aliphatic hydroxyl groups is 1. The summed E-state index contributed by atoms with van der Waals surface area (Å²) in [5.74, 6) is -3.93. The summed E-state index contributed by atoms with van der Waals surface area (Å²) < 4.78 is 60.3. The molecular formula is C35H52F2N4O7S. The number of halogens is 2. The van der Waals surface area contributed by atoms with Crippen molar-refractivity contribution in [2.45, 2.75) is 96.2 Å². The summed E-state index contributed by atoms with van der Waals surface area (Å²) in [6, 6.07) is 7.86. The lowest BCUT2D eigenvalue weighted by atomic mass is 10.00. The van der Waals surface area contributed by atoms with Crippen LogP contribution in [0.15, 0.2) is 42.5 Å². The van der Waals surface area contributed by atoms with Gasteiger partial charge in [0.15, 0.2) is 16.4 Å². The molecule has 0 spiro atoms. The Labute approximate surface area is 289 Å². The summed E-state index contributed by atoms with van der Waals surface area (Å²) in [6.07, 6.45) is 0.00875. The Morgan fingerprint density at radius 2 is 1.55 bits per heavy atom. The lowest BCUT2D eigenvalue weighted by Crippen LogP contribution is -2.57. The minimum Gasteiger partial charge on any atom is -0.439 e. The van der Waals surface area contributed by atoms with Crippen LogP contribution in [0.3, 0.4) is 0 Å². The number of alkyl carbamates (subject to hydrolysis) is 1. The van der Waals surface area contributed by atoms with Gasteiger partial charge in [0, 0.05) is 32.7 Å². The number of rotatable bonds is 21. The van der Waals surface area contributed by atoms with Crippen molar-refractivity contribution in [1.82, 2.24) is 20.9 Å². The molecule has 0 saturated heterocycles. The standard InChI is InChI=1S/C35H52F2N4O7S/c1-6-11-29(12-7-2)49(46,47)23-31(40-35(45)48-22-33(43)41(5)9-4)34(44)39-30(18-26-16-27(36)19-28(37)17-26)32(42)21-38-20-25-14-10-13-24(8-3)15-25/h10,13-17,19,29-32,38,42H,6-9,11-12,18,20-23H2,1-5H3,(H,39,44)(H,40,45)/t30-,31+,32+/m0/s1. The number of ether oxygens (including phenoxy) is 1. The summed E-state index contributed by atoms with van der Waals surface area (Å²) in [4.78, 5) is 40.0. The number of nitrogens with one attached hydrogen (secondary N) is 3. The predicted octanol–water partition coefficient (Wildman–Crippen LogP) is 3.66. The minimum absolute atomic E-state index is 0.0420. The number of sulfone groups is 1. The van der Waals surface area contributed by atoms with Crippen molar-refractivity contribution in [2.24, 2.45) is 0 Å². The van der Waals surface area contributed by atoms with Crippen LogP contribution in [0, 0.1) is 11.6 Å². The highest BCUT2D eigenvalue weighted by Gasteiger charge is 2.34. The summed E-state index contributed by atoms with van der Waals surface area (Å²) >= 11 is 0. The van der Waals surface area contributed by atoms with Crippen molar-refractivity contribution in [1.29, 1.82) is 0 Å². The van der Waals surface area contributed by atoms with Gasteiger partial charge in [0.1, 0.15) is 17.7 Å². The summed E-state index contributed by atoms with van der Waals surface area (Å²) in [7, 11) is -2.43. The predicted molar refractivity (Wildman–Crippen MR) is 184 cm³/mol. The summed E-state index contributed by atoms with van der Waals surface area (Å²) in [5.41, 5.74) is 2.23. The molecule has 0 saturated carbocycles. The van der Waals surface area contributed by atoms with Gasteiger partial charge in [-0.15, -0.1) is 0 Å². The van der Waals surface area contributed by atoms with Crippen LogP contribution < -0.4 is 16.0 Å². The SMILES string of the molecule is CCCC(CCC)S(=O)(=O)C[C@@H](NC(=O)OCC(=O)N(C)CC)C(=O)N[C@@H](Cc1cc(F)cc(F)c1)[C@H](O)CNCc1cccc(CC)c1. The second-order valence-electron chi connectivity index (χ2n) is 12.2. The van der Waals surface area contributed by atoms with Crippen LogP contribution in [-0.2, 0) is 43.5 Å². The van der Waals surface area contributed by atoms with E-state index in [1.165, 1.54) is 11.9 Å². The number of aliphatic hydroxyl groups excluding tert-OH is 1. The molecule has 0 aliphatic carbocycles. The van der Waals surface area contributed by atoms with Crippen molar-refractivity contribution >= 4 is 27.7 Å². The van der Waals surface area contributed by atoms with Gasteiger partial charge in [-0.05, 0) is 61.4 Å². The van der Waals surface area contributed by atoms with Crippen molar-refractivity contribution in [2.75, 3.05) is 32.5 Å². The molecule has 0 heterocycles. The molecule has 0 unspecified atom stereocenters. The largest absolute Gasteiger partial charge is 0.439 e. The number of amides is 3. The van der Waals surface area contributed by atoms with Crippen LogP contribution in [0.1, 0.15) is 70.1 Å². The van der Waals surface area contributed by atoms with Gasteiger partial charge in [-0.2, -0.15) is 0 Å². The topological polar surface area (TPSA) is 154 Å². The Bertz CT molecular complexity index is 1450. The first-order valence-electron chi connectivity index (χ1n) is 16.8. The van der Waals surface area contributed by atoms with Crippen LogP contribution >= 0.6 is 0 Å². The third-order valence-electron chi connectivity index (χ3n) is 8.22. The van der Waals surface area contributed by atoms with Gasteiger partial charge >= 0.3 is 6.09 Å². The smallest absolute Gasteiger partial charge is 0.408 e. The van der Waals surface area contributed by atoms with E-state index in [0.717, 1.165) is 29.7 Å². The van der Waals surface area contributed by atoms with Crippen molar-refractivity contribution < 1.29 is 41.4 Å². The first-order valence-corrected chi connectivity index (χ1v) is 18.5. The molecule has 3 amide bonds. The zero-order valence-corrected chi connectivity index (χ0v) is 30.0. The molecule has 0 aromatic heterocycles. The maximum absolute atomic E-state index is 14.1. The van der Waals surface area contributed by atoms with Crippen molar-refractivity contribution in [3.05, 3.63) is 70.8 Å². The molecule has 0 fully saturated rings. The first-order chi connectivity index (χ1) is 23.2. The number of hydrogen-bond donors (Lipinski definition) is 4. The van der Waals surface area contributed by atoms with Crippen LogP contribution in [-0.4, -0.2) is 92.3 Å². The maximum Gasteiger partial charge on any atom is 0.408 e. The van der Waals surface area contributed by atoms with Crippen LogP contribution in [0.2, 0.25) is 0 Å². The van der Waals surface area contributed by atoms with Crippen LogP contribution in [0.4, 0.5) is 13.6 Å². The highest BCUT2D eigenvalue weighted by Crippen LogP contribution is 2.18. The van der Waals surface area contributed by atoms with E-state index in [-0.39, 0.29) is 18.5 Å². The van der Waals surface area contributed by atoms with Gasteiger partial charge in [-0.3, -0.25) is 9.59 Å². The maximum atomic E-state index is 14.1. The van der Waals surface area contributed by atoms with Gasteiger partial charge < -0.3 is 30.7 Å². The molecule has 11 nitrogen and oxygen atoms in total. The molecule has 0 aliphatic rings. The van der Waals surface area contributed by atoms with E-state index in [1.54, 1.807) is 6.92 Å². The lowest BCUT2D eigenvalue weighted by Gasteiger charge is -2.28. The minimum atomic E-state index is -3.94. The first kappa shape index (κ1) is 41.6. The fraction of sp³-hybridized carbons (Fsp3) is 0.571. The number of hydrogen-bond acceptors (Lipinski definition) is 8. The molecule has 2 aromatic carbocycles. The number of benzene rings is 2. The number of carbonyl (C=O) groups is 3. The average molecular weight is 711 g/mol. The summed E-state index contributed by atoms with van der Waals surface area (Å²) in [5, 5.41) is 18.5. The molecular weight excluding hydrogens is 658 g/mol. The van der Waals surface area contributed by atoms with Gasteiger partial charge in [-0.25, -0.2) is 22.0 Å². The van der Waals surface area contributed by atoms with Gasteiger partial charge in [0.2, 0.25) is 5.91 Å². The Morgan fingerprint density at radius 3 is 2.14 bits per heavy atom. The fourth-order valence-electron chi connectivity index (χ4n) is 5.31. The van der Waals surface area contributed by atoms with Gasteiger partial charge in [-0.1, -0.05) is 57.9 Å². The molecule has 14 heteroatoms. The zero-order chi connectivity index (χ0) is 36.6. The Hall–Kier alpha value is -3.62. The molecule has 2 aromatic rings. The molecule has 4 N–H and O–H groups in total. The third-order valence-corrected chi connectivity index (χ3v) is 10.5. The van der Waals surface area contributed by atoms with Crippen LogP contribution in [0.25, 0.3) is 0 Å². The number of carbonyl (C=O) groups excluding carboxylic acids is 3. The molecule has 49 heavy (non-hydrogen) atoms. The van der Waals surface area contributed by atoms with E-state index in [1.807, 2.05) is 45.0 Å². The van der Waals surface area contributed by atoms with E-state index >= 15 is 0 Å². The second kappa shape index (κ2) is 20.8. The molecule has 2 rings (SSSR count). The lowest BCUT2D eigenvalue weighted by molar-refractivity contribution is -0.132. The van der Waals surface area contributed by atoms with E-state index < -0.39 is 75.2 Å². The normalized spacial score (nSPS) is 13.4. The van der Waals surface area contributed by atoms with Gasteiger partial charge in [0.05, 0.1) is 23.1 Å². The van der Waals surface area contributed by atoms with E-state index in [0.29, 0.717) is 44.8 Å². The molecule has 0 aliphatic heterocycles. The van der Waals surface area contributed by atoms with Crippen LogP contribution in [0.5, 0.6) is 0 Å². The summed E-state index contributed by atoms with van der Waals surface area (Å²) in [6.45, 7) is 7.53.